The molecule has 0 aliphatic heterocycles. The quantitative estimate of drug-likeness (QED) is 0.425. The molecule has 0 spiro atoms. The van der Waals surface area contributed by atoms with E-state index in [9.17, 15) is 13.2 Å². The second-order valence-electron chi connectivity index (χ2n) is 7.98. The summed E-state index contributed by atoms with van der Waals surface area (Å²) in [6, 6.07) is 12.7. The molecule has 33 heavy (non-hydrogen) atoms. The molecule has 0 bridgehead atoms. The number of thioether (sulfide) groups is 1. The van der Waals surface area contributed by atoms with Crippen LogP contribution in [0.5, 0.6) is 5.75 Å². The van der Waals surface area contributed by atoms with Crippen molar-refractivity contribution in [1.29, 1.82) is 0 Å². The smallest absolute Gasteiger partial charge is 0.264 e. The first-order valence-corrected chi connectivity index (χ1v) is 14.1. The predicted octanol–water partition coefficient (Wildman–Crippen LogP) is 5.12. The van der Waals surface area contributed by atoms with E-state index < -0.39 is 10.0 Å². The number of methoxy groups -OCH3 is 1. The van der Waals surface area contributed by atoms with Gasteiger partial charge in [0.15, 0.2) is 0 Å². The van der Waals surface area contributed by atoms with Crippen molar-refractivity contribution in [2.75, 3.05) is 30.3 Å². The number of amides is 1. The Morgan fingerprint density at radius 2 is 1.88 bits per heavy atom. The van der Waals surface area contributed by atoms with E-state index in [1.165, 1.54) is 57.4 Å². The van der Waals surface area contributed by atoms with E-state index in [1.54, 1.807) is 30.3 Å². The van der Waals surface area contributed by atoms with Gasteiger partial charge in [-0.25, -0.2) is 8.42 Å². The molecule has 0 unspecified atom stereocenters. The standard InChI is InChI=1S/C24H31ClN2O4S2/c1-31-23-14-13-19(17-22(23)25)27(33(29,30)21-11-6-3-7-12-21)18-24(28)26-15-8-16-32-20-9-4-2-5-10-20/h3,6-7,11-14,17,20H,2,4-5,8-10,15-16,18H2,1H3,(H,26,28). The number of hydrogen-bond acceptors (Lipinski definition) is 5. The minimum absolute atomic E-state index is 0.105. The molecule has 0 atom stereocenters. The Kier molecular flexibility index (Phi) is 9.77. The lowest BCUT2D eigenvalue weighted by Crippen LogP contribution is -2.41. The lowest BCUT2D eigenvalue weighted by molar-refractivity contribution is -0.119. The summed E-state index contributed by atoms with van der Waals surface area (Å²) >= 11 is 8.22. The van der Waals surface area contributed by atoms with Gasteiger partial charge in [-0.05, 0) is 55.3 Å². The fourth-order valence-electron chi connectivity index (χ4n) is 3.81. The molecule has 2 aromatic carbocycles. The number of benzene rings is 2. The molecular weight excluding hydrogens is 480 g/mol. The van der Waals surface area contributed by atoms with Gasteiger partial charge in [-0.2, -0.15) is 11.8 Å². The topological polar surface area (TPSA) is 75.7 Å². The summed E-state index contributed by atoms with van der Waals surface area (Å²) in [5.74, 6) is 1.06. The third kappa shape index (κ3) is 7.29. The molecular formula is C24H31ClN2O4S2. The zero-order valence-electron chi connectivity index (χ0n) is 18.8. The second-order valence-corrected chi connectivity index (χ2v) is 11.7. The SMILES string of the molecule is COc1ccc(N(CC(=O)NCCCSC2CCCCC2)S(=O)(=O)c2ccccc2)cc1Cl. The molecule has 2 aromatic rings. The van der Waals surface area contributed by atoms with Crippen molar-refractivity contribution in [3.05, 3.63) is 53.6 Å². The molecule has 0 radical (unpaired) electrons. The monoisotopic (exact) mass is 510 g/mol. The highest BCUT2D eigenvalue weighted by molar-refractivity contribution is 7.99. The molecule has 180 valence electrons. The van der Waals surface area contributed by atoms with Crippen molar-refractivity contribution >= 4 is 45.0 Å². The third-order valence-corrected chi connectivity index (χ3v) is 9.14. The van der Waals surface area contributed by atoms with Crippen LogP contribution in [0, 0.1) is 0 Å². The number of ether oxygens (including phenoxy) is 1. The van der Waals surface area contributed by atoms with Gasteiger partial charge in [0.25, 0.3) is 10.0 Å². The van der Waals surface area contributed by atoms with Gasteiger partial charge in [0.1, 0.15) is 12.3 Å². The average molecular weight is 511 g/mol. The van der Waals surface area contributed by atoms with Crippen molar-refractivity contribution in [1.82, 2.24) is 5.32 Å². The van der Waals surface area contributed by atoms with E-state index in [1.807, 2.05) is 11.8 Å². The maximum atomic E-state index is 13.4. The lowest BCUT2D eigenvalue weighted by Gasteiger charge is -2.24. The van der Waals surface area contributed by atoms with E-state index in [2.05, 4.69) is 5.32 Å². The molecule has 3 rings (SSSR count). The van der Waals surface area contributed by atoms with Crippen LogP contribution < -0.4 is 14.4 Å². The van der Waals surface area contributed by atoms with Gasteiger partial charge in [-0.3, -0.25) is 9.10 Å². The normalized spacial score (nSPS) is 14.6. The molecule has 9 heteroatoms. The summed E-state index contributed by atoms with van der Waals surface area (Å²) in [4.78, 5) is 12.8. The highest BCUT2D eigenvalue weighted by Crippen LogP contribution is 2.32. The van der Waals surface area contributed by atoms with E-state index >= 15 is 0 Å². The van der Waals surface area contributed by atoms with Crippen LogP contribution in [-0.2, 0) is 14.8 Å². The van der Waals surface area contributed by atoms with Gasteiger partial charge in [0.2, 0.25) is 5.91 Å². The summed E-state index contributed by atoms with van der Waals surface area (Å²) in [6.07, 6.45) is 7.40. The summed E-state index contributed by atoms with van der Waals surface area (Å²) in [6.45, 7) is 0.177. The number of nitrogens with one attached hydrogen (secondary N) is 1. The maximum Gasteiger partial charge on any atom is 0.264 e. The molecule has 1 amide bonds. The van der Waals surface area contributed by atoms with Gasteiger partial charge >= 0.3 is 0 Å². The minimum Gasteiger partial charge on any atom is -0.495 e. The lowest BCUT2D eigenvalue weighted by atomic mass is 10.0. The maximum absolute atomic E-state index is 13.4. The summed E-state index contributed by atoms with van der Waals surface area (Å²) < 4.78 is 33.0. The van der Waals surface area contributed by atoms with E-state index in [4.69, 9.17) is 16.3 Å². The number of carbonyl (C=O) groups excluding carboxylic acids is 1. The van der Waals surface area contributed by atoms with Crippen molar-refractivity contribution in [2.45, 2.75) is 48.7 Å². The first-order chi connectivity index (χ1) is 15.9. The van der Waals surface area contributed by atoms with Crippen molar-refractivity contribution in [3.63, 3.8) is 0 Å². The Balaban J connectivity index is 1.65. The summed E-state index contributed by atoms with van der Waals surface area (Å²) in [5, 5.41) is 3.87. The Morgan fingerprint density at radius 1 is 1.15 bits per heavy atom. The Bertz CT molecular complexity index is 1010. The Morgan fingerprint density at radius 3 is 2.55 bits per heavy atom. The van der Waals surface area contributed by atoms with Crippen LogP contribution in [0.3, 0.4) is 0 Å². The second kappa shape index (κ2) is 12.5. The fraction of sp³-hybridized carbons (Fsp3) is 0.458. The number of carbonyl (C=O) groups is 1. The number of nitrogens with zero attached hydrogens (tertiary/aromatic N) is 1. The molecule has 1 aliphatic carbocycles. The van der Waals surface area contributed by atoms with E-state index in [0.29, 0.717) is 18.0 Å². The van der Waals surface area contributed by atoms with Crippen molar-refractivity contribution < 1.29 is 17.9 Å². The zero-order chi connectivity index (χ0) is 23.7. The van der Waals surface area contributed by atoms with E-state index in [0.717, 1.165) is 21.7 Å². The zero-order valence-corrected chi connectivity index (χ0v) is 21.2. The first-order valence-electron chi connectivity index (χ1n) is 11.2. The largest absolute Gasteiger partial charge is 0.495 e. The molecule has 1 N–H and O–H groups in total. The average Bonchev–Trinajstić information content (AvgIpc) is 2.83. The number of halogens is 1. The van der Waals surface area contributed by atoms with Crippen LogP contribution >= 0.6 is 23.4 Å². The van der Waals surface area contributed by atoms with Crippen LogP contribution in [0.1, 0.15) is 38.5 Å². The summed E-state index contributed by atoms with van der Waals surface area (Å²) in [5.41, 5.74) is 0.299. The van der Waals surface area contributed by atoms with Crippen molar-refractivity contribution in [3.8, 4) is 5.75 Å². The number of sulfonamides is 1. The molecule has 0 heterocycles. The van der Waals surface area contributed by atoms with Crippen LogP contribution in [0.25, 0.3) is 0 Å². The highest BCUT2D eigenvalue weighted by Gasteiger charge is 2.27. The Labute approximate surface area is 206 Å². The third-order valence-electron chi connectivity index (χ3n) is 5.59. The molecule has 6 nitrogen and oxygen atoms in total. The number of anilines is 1. The van der Waals surface area contributed by atoms with Crippen LogP contribution in [-0.4, -0.2) is 45.5 Å². The molecule has 0 aromatic heterocycles. The molecule has 1 aliphatic rings. The van der Waals surface area contributed by atoms with Gasteiger partial charge < -0.3 is 10.1 Å². The fourth-order valence-corrected chi connectivity index (χ4v) is 6.81. The summed E-state index contributed by atoms with van der Waals surface area (Å²) in [7, 11) is -2.48. The van der Waals surface area contributed by atoms with E-state index in [-0.39, 0.29) is 22.4 Å². The van der Waals surface area contributed by atoms with Gasteiger partial charge in [-0.1, -0.05) is 49.1 Å². The molecule has 1 fully saturated rings. The predicted molar refractivity (Wildman–Crippen MR) is 136 cm³/mol. The van der Waals surface area contributed by atoms with Gasteiger partial charge in [0.05, 0.1) is 22.7 Å². The first kappa shape index (κ1) is 25.7. The minimum atomic E-state index is -3.97. The Hall–Kier alpha value is -1.90. The van der Waals surface area contributed by atoms with Crippen LogP contribution in [0.4, 0.5) is 5.69 Å². The van der Waals surface area contributed by atoms with Crippen molar-refractivity contribution in [2.24, 2.45) is 0 Å². The number of rotatable bonds is 11. The molecule has 0 saturated heterocycles. The highest BCUT2D eigenvalue weighted by atomic mass is 35.5. The van der Waals surface area contributed by atoms with Gasteiger partial charge in [-0.15, -0.1) is 0 Å². The van der Waals surface area contributed by atoms with Crippen LogP contribution in [0.2, 0.25) is 5.02 Å². The molecule has 1 saturated carbocycles. The number of hydrogen-bond donors (Lipinski definition) is 1. The van der Waals surface area contributed by atoms with Gasteiger partial charge in [0, 0.05) is 11.8 Å². The van der Waals surface area contributed by atoms with Crippen LogP contribution in [0.15, 0.2) is 53.4 Å².